The Morgan fingerprint density at radius 2 is 2.04 bits per heavy atom. The molecule has 25 heavy (non-hydrogen) atoms. The number of ether oxygens (including phenoxy) is 3. The van der Waals surface area contributed by atoms with E-state index in [9.17, 15) is 9.90 Å². The van der Waals surface area contributed by atoms with Gasteiger partial charge in [0.2, 0.25) is 6.29 Å². The summed E-state index contributed by atoms with van der Waals surface area (Å²) in [5.41, 5.74) is 3.95. The van der Waals surface area contributed by atoms with Crippen molar-refractivity contribution in [2.24, 2.45) is 0 Å². The zero-order valence-corrected chi connectivity index (χ0v) is 15.5. The van der Waals surface area contributed by atoms with Gasteiger partial charge in [0, 0.05) is 5.56 Å². The average Bonchev–Trinajstić information content (AvgIpc) is 2.82. The minimum Gasteiger partial charge on any atom is -0.496 e. The van der Waals surface area contributed by atoms with Gasteiger partial charge >= 0.3 is 5.97 Å². The Kier molecular flexibility index (Phi) is 6.26. The highest BCUT2D eigenvalue weighted by molar-refractivity contribution is 5.95. The maximum atomic E-state index is 11.9. The molecule has 1 aromatic carbocycles. The summed E-state index contributed by atoms with van der Waals surface area (Å²) in [7, 11) is 1.50. The van der Waals surface area contributed by atoms with Crippen LogP contribution in [-0.4, -0.2) is 24.8 Å². The second kappa shape index (κ2) is 8.21. The lowest BCUT2D eigenvalue weighted by molar-refractivity contribution is -0.0556. The lowest BCUT2D eigenvalue weighted by Gasteiger charge is -2.15. The third-order valence-corrected chi connectivity index (χ3v) is 4.17. The SMILES string of the molecule is COc1c(C)c(OCC=C(C)CCC=C(C)C)cc2c1C(O)OC2=O. The van der Waals surface area contributed by atoms with Gasteiger partial charge in [0.1, 0.15) is 18.1 Å². The highest BCUT2D eigenvalue weighted by Crippen LogP contribution is 2.42. The van der Waals surface area contributed by atoms with Crippen LogP contribution in [0.4, 0.5) is 0 Å². The largest absolute Gasteiger partial charge is 0.496 e. The molecule has 5 heteroatoms. The van der Waals surface area contributed by atoms with E-state index in [-0.39, 0.29) is 5.56 Å². The molecule has 0 aromatic heterocycles. The standard InChI is InChI=1S/C20H26O5/c1-12(2)7-6-8-13(3)9-10-24-16-11-15-17(18(23-5)14(16)4)20(22)25-19(15)21/h7,9,11,20,22H,6,8,10H2,1-5H3. The zero-order chi connectivity index (χ0) is 18.6. The van der Waals surface area contributed by atoms with Crippen LogP contribution in [0.3, 0.4) is 0 Å². The minimum atomic E-state index is -1.29. The fraction of sp³-hybridized carbons (Fsp3) is 0.450. The van der Waals surface area contributed by atoms with E-state index in [0.29, 0.717) is 23.7 Å². The van der Waals surface area contributed by atoms with Crippen LogP contribution >= 0.6 is 0 Å². The summed E-state index contributed by atoms with van der Waals surface area (Å²) in [5.74, 6) is 0.407. The predicted molar refractivity (Wildman–Crippen MR) is 96.0 cm³/mol. The number of fused-ring (bicyclic) bond motifs is 1. The lowest BCUT2D eigenvalue weighted by atomic mass is 10.0. The van der Waals surface area contributed by atoms with E-state index in [2.05, 4.69) is 26.8 Å². The van der Waals surface area contributed by atoms with E-state index in [1.165, 1.54) is 18.3 Å². The summed E-state index contributed by atoms with van der Waals surface area (Å²) in [4.78, 5) is 11.9. The summed E-state index contributed by atoms with van der Waals surface area (Å²) < 4.78 is 16.0. The molecule has 136 valence electrons. The van der Waals surface area contributed by atoms with E-state index in [0.717, 1.165) is 18.4 Å². The molecule has 0 amide bonds. The predicted octanol–water partition coefficient (Wildman–Crippen LogP) is 4.24. The van der Waals surface area contributed by atoms with Crippen molar-refractivity contribution < 1.29 is 24.1 Å². The molecular formula is C20H26O5. The Hall–Kier alpha value is -2.27. The summed E-state index contributed by atoms with van der Waals surface area (Å²) in [6.45, 7) is 8.49. The van der Waals surface area contributed by atoms with Crippen molar-refractivity contribution in [1.29, 1.82) is 0 Å². The molecular weight excluding hydrogens is 320 g/mol. The molecule has 0 bridgehead atoms. The Morgan fingerprint density at radius 1 is 1.32 bits per heavy atom. The first-order chi connectivity index (χ1) is 11.8. The average molecular weight is 346 g/mol. The smallest absolute Gasteiger partial charge is 0.341 e. The van der Waals surface area contributed by atoms with Crippen molar-refractivity contribution in [2.45, 2.75) is 46.8 Å². The lowest BCUT2D eigenvalue weighted by Crippen LogP contribution is -2.03. The molecule has 0 fully saturated rings. The van der Waals surface area contributed by atoms with Crippen LogP contribution in [0.2, 0.25) is 0 Å². The molecule has 1 aliphatic rings. The fourth-order valence-corrected chi connectivity index (χ4v) is 2.77. The van der Waals surface area contributed by atoms with Crippen LogP contribution in [0, 0.1) is 6.92 Å². The molecule has 0 saturated heterocycles. The van der Waals surface area contributed by atoms with Crippen molar-refractivity contribution in [1.82, 2.24) is 0 Å². The number of hydrogen-bond acceptors (Lipinski definition) is 5. The van der Waals surface area contributed by atoms with Crippen molar-refractivity contribution >= 4 is 5.97 Å². The summed E-state index contributed by atoms with van der Waals surface area (Å²) in [6.07, 6.45) is 4.96. The number of hydrogen-bond donors (Lipinski definition) is 1. The number of cyclic esters (lactones) is 1. The fourth-order valence-electron chi connectivity index (χ4n) is 2.77. The Bertz CT molecular complexity index is 711. The first-order valence-electron chi connectivity index (χ1n) is 8.37. The van der Waals surface area contributed by atoms with E-state index >= 15 is 0 Å². The normalized spacial score (nSPS) is 16.3. The monoisotopic (exact) mass is 346 g/mol. The third-order valence-electron chi connectivity index (χ3n) is 4.17. The Balaban J connectivity index is 2.12. The van der Waals surface area contributed by atoms with Crippen LogP contribution < -0.4 is 9.47 Å². The number of aliphatic hydroxyl groups is 1. The number of esters is 1. The van der Waals surface area contributed by atoms with Crippen LogP contribution in [0.15, 0.2) is 29.4 Å². The molecule has 0 saturated carbocycles. The number of carbonyl (C=O) groups is 1. The molecule has 5 nitrogen and oxygen atoms in total. The number of benzene rings is 1. The van der Waals surface area contributed by atoms with E-state index < -0.39 is 12.3 Å². The second-order valence-electron chi connectivity index (χ2n) is 6.43. The van der Waals surface area contributed by atoms with Crippen LogP contribution in [0.25, 0.3) is 0 Å². The molecule has 0 spiro atoms. The molecule has 0 aliphatic carbocycles. The molecule has 1 unspecified atom stereocenters. The van der Waals surface area contributed by atoms with Crippen molar-refractivity contribution in [3.05, 3.63) is 46.1 Å². The summed E-state index contributed by atoms with van der Waals surface area (Å²) >= 11 is 0. The number of allylic oxidation sites excluding steroid dienone is 3. The van der Waals surface area contributed by atoms with Gasteiger partial charge < -0.3 is 19.3 Å². The van der Waals surface area contributed by atoms with E-state index in [1.54, 1.807) is 6.07 Å². The van der Waals surface area contributed by atoms with Gasteiger partial charge in [0.05, 0.1) is 18.2 Å². The highest BCUT2D eigenvalue weighted by Gasteiger charge is 2.35. The summed E-state index contributed by atoms with van der Waals surface area (Å²) in [6, 6.07) is 1.61. The van der Waals surface area contributed by atoms with Crippen LogP contribution in [-0.2, 0) is 4.74 Å². The molecule has 1 aliphatic heterocycles. The molecule has 2 rings (SSSR count). The maximum absolute atomic E-state index is 11.9. The van der Waals surface area contributed by atoms with Gasteiger partial charge in [0.25, 0.3) is 0 Å². The topological polar surface area (TPSA) is 65.0 Å². The third kappa shape index (κ3) is 4.42. The Morgan fingerprint density at radius 3 is 2.68 bits per heavy atom. The quantitative estimate of drug-likeness (QED) is 0.591. The van der Waals surface area contributed by atoms with Crippen molar-refractivity contribution in [3.63, 3.8) is 0 Å². The summed E-state index contributed by atoms with van der Waals surface area (Å²) in [5, 5.41) is 9.87. The van der Waals surface area contributed by atoms with Gasteiger partial charge in [-0.05, 0) is 52.7 Å². The number of aliphatic hydroxyl groups excluding tert-OH is 1. The molecule has 1 aromatic rings. The van der Waals surface area contributed by atoms with Gasteiger partial charge in [-0.3, -0.25) is 0 Å². The molecule has 1 N–H and O–H groups in total. The molecule has 1 atom stereocenters. The van der Waals surface area contributed by atoms with E-state index in [1.807, 2.05) is 13.0 Å². The first kappa shape index (κ1) is 19.1. The number of rotatable bonds is 7. The highest BCUT2D eigenvalue weighted by atomic mass is 16.6. The maximum Gasteiger partial charge on any atom is 0.341 e. The van der Waals surface area contributed by atoms with E-state index in [4.69, 9.17) is 14.2 Å². The van der Waals surface area contributed by atoms with Gasteiger partial charge in [-0.25, -0.2) is 4.79 Å². The van der Waals surface area contributed by atoms with Gasteiger partial charge in [-0.15, -0.1) is 0 Å². The number of carbonyl (C=O) groups excluding carboxylic acids is 1. The Labute approximate surface area is 148 Å². The van der Waals surface area contributed by atoms with Gasteiger partial charge in [-0.1, -0.05) is 17.2 Å². The molecule has 0 radical (unpaired) electrons. The second-order valence-corrected chi connectivity index (χ2v) is 6.43. The number of methoxy groups -OCH3 is 1. The van der Waals surface area contributed by atoms with Crippen molar-refractivity contribution in [3.8, 4) is 11.5 Å². The van der Waals surface area contributed by atoms with Crippen LogP contribution in [0.5, 0.6) is 11.5 Å². The van der Waals surface area contributed by atoms with Crippen LogP contribution in [0.1, 0.15) is 61.4 Å². The first-order valence-corrected chi connectivity index (χ1v) is 8.37. The molecule has 1 heterocycles. The minimum absolute atomic E-state index is 0.286. The van der Waals surface area contributed by atoms with Crippen molar-refractivity contribution in [2.75, 3.05) is 13.7 Å². The zero-order valence-electron chi connectivity index (χ0n) is 15.5. The van der Waals surface area contributed by atoms with Gasteiger partial charge in [0.15, 0.2) is 0 Å². The van der Waals surface area contributed by atoms with Gasteiger partial charge in [-0.2, -0.15) is 0 Å².